The molecule has 3 rings (SSSR count). The molecular weight excluding hydrogens is 489 g/mol. The SMILES string of the molecule is C=NN(CCC1CC1)/C(NC(=O)CSC)=C1\CCC(c2ccc(CCC(F)(F)F)cc2CC)NC1=O. The first-order chi connectivity index (χ1) is 17.1. The minimum absolute atomic E-state index is 0.0644. The number of carbonyl (C=O) groups excluding carboxylic acids is 2. The topological polar surface area (TPSA) is 73.8 Å². The molecule has 1 aliphatic carbocycles. The minimum atomic E-state index is -4.19. The highest BCUT2D eigenvalue weighted by atomic mass is 32.2. The van der Waals surface area contributed by atoms with Crippen LogP contribution in [0.4, 0.5) is 13.2 Å². The van der Waals surface area contributed by atoms with Crippen LogP contribution in [0.5, 0.6) is 0 Å². The third-order valence-corrected chi connectivity index (χ3v) is 7.17. The molecule has 0 radical (unpaired) electrons. The van der Waals surface area contributed by atoms with Gasteiger partial charge in [-0.05, 0) is 61.0 Å². The van der Waals surface area contributed by atoms with Gasteiger partial charge in [0.1, 0.15) is 5.82 Å². The first-order valence-electron chi connectivity index (χ1n) is 12.4. The smallest absolute Gasteiger partial charge is 0.345 e. The summed E-state index contributed by atoms with van der Waals surface area (Å²) in [5.74, 6) is 0.809. The van der Waals surface area contributed by atoms with E-state index in [9.17, 15) is 22.8 Å². The van der Waals surface area contributed by atoms with Crippen LogP contribution < -0.4 is 10.6 Å². The summed E-state index contributed by atoms with van der Waals surface area (Å²) in [6.45, 7) is 6.19. The molecule has 0 bridgehead atoms. The van der Waals surface area contributed by atoms with Crippen molar-refractivity contribution < 1.29 is 22.8 Å². The molecule has 2 N–H and O–H groups in total. The Kier molecular flexibility index (Phi) is 9.87. The van der Waals surface area contributed by atoms with Gasteiger partial charge < -0.3 is 10.6 Å². The summed E-state index contributed by atoms with van der Waals surface area (Å²) in [7, 11) is 0. The fourth-order valence-electron chi connectivity index (χ4n) is 4.49. The van der Waals surface area contributed by atoms with Crippen LogP contribution in [-0.4, -0.2) is 48.3 Å². The van der Waals surface area contributed by atoms with E-state index in [2.05, 4.69) is 22.5 Å². The number of benzene rings is 1. The molecule has 1 unspecified atom stereocenters. The predicted octanol–water partition coefficient (Wildman–Crippen LogP) is 5.10. The van der Waals surface area contributed by atoms with Crippen molar-refractivity contribution in [3.63, 3.8) is 0 Å². The highest BCUT2D eigenvalue weighted by Crippen LogP contribution is 2.34. The molecule has 10 heteroatoms. The molecule has 6 nitrogen and oxygen atoms in total. The van der Waals surface area contributed by atoms with Crippen LogP contribution in [0.3, 0.4) is 0 Å². The Labute approximate surface area is 215 Å². The normalized spacial score (nSPS) is 19.5. The highest BCUT2D eigenvalue weighted by molar-refractivity contribution is 7.99. The van der Waals surface area contributed by atoms with Crippen LogP contribution in [0.2, 0.25) is 0 Å². The molecule has 1 aliphatic heterocycles. The van der Waals surface area contributed by atoms with Crippen molar-refractivity contribution in [2.24, 2.45) is 11.0 Å². The summed E-state index contributed by atoms with van der Waals surface area (Å²) < 4.78 is 37.9. The molecule has 1 saturated carbocycles. The van der Waals surface area contributed by atoms with Crippen molar-refractivity contribution in [1.29, 1.82) is 0 Å². The van der Waals surface area contributed by atoms with E-state index in [1.165, 1.54) is 24.6 Å². The van der Waals surface area contributed by atoms with Crippen molar-refractivity contribution in [2.45, 2.75) is 70.5 Å². The number of nitrogens with one attached hydrogen (secondary N) is 2. The zero-order chi connectivity index (χ0) is 26.3. The Bertz CT molecular complexity index is 992. The van der Waals surface area contributed by atoms with Gasteiger partial charge in [-0.1, -0.05) is 38.0 Å². The number of rotatable bonds is 12. The molecule has 0 aromatic heterocycles. The lowest BCUT2D eigenvalue weighted by Crippen LogP contribution is -2.41. The molecule has 1 heterocycles. The second-order valence-electron chi connectivity index (χ2n) is 9.37. The van der Waals surface area contributed by atoms with Gasteiger partial charge in [-0.15, -0.1) is 0 Å². The van der Waals surface area contributed by atoms with Gasteiger partial charge in [0.05, 0.1) is 17.4 Å². The van der Waals surface area contributed by atoms with Crippen LogP contribution in [0.15, 0.2) is 34.7 Å². The van der Waals surface area contributed by atoms with Gasteiger partial charge >= 0.3 is 6.18 Å². The van der Waals surface area contributed by atoms with E-state index in [1.54, 1.807) is 11.1 Å². The van der Waals surface area contributed by atoms with E-state index in [0.717, 1.165) is 17.5 Å². The molecule has 0 spiro atoms. The summed E-state index contributed by atoms with van der Waals surface area (Å²) in [4.78, 5) is 25.7. The van der Waals surface area contributed by atoms with Crippen LogP contribution in [0, 0.1) is 5.92 Å². The third-order valence-electron chi connectivity index (χ3n) is 6.62. The average Bonchev–Trinajstić information content (AvgIpc) is 3.66. The third kappa shape index (κ3) is 8.01. The summed E-state index contributed by atoms with van der Waals surface area (Å²) in [6, 6.07) is 5.10. The number of amides is 2. The number of nitrogens with zero attached hydrogens (tertiary/aromatic N) is 2. The van der Waals surface area contributed by atoms with E-state index in [1.807, 2.05) is 25.3 Å². The quantitative estimate of drug-likeness (QED) is 0.227. The number of hydrazone groups is 1. The summed E-state index contributed by atoms with van der Waals surface area (Å²) in [5.41, 5.74) is 2.95. The summed E-state index contributed by atoms with van der Waals surface area (Å²) >= 11 is 1.39. The van der Waals surface area contributed by atoms with Gasteiger partial charge in [0.25, 0.3) is 5.91 Å². The maximum atomic E-state index is 13.3. The fourth-order valence-corrected chi connectivity index (χ4v) is 4.82. The van der Waals surface area contributed by atoms with Gasteiger partial charge in [0, 0.05) is 19.7 Å². The van der Waals surface area contributed by atoms with E-state index in [0.29, 0.717) is 48.7 Å². The molecule has 198 valence electrons. The lowest BCUT2D eigenvalue weighted by molar-refractivity contribution is -0.134. The number of hydrogen-bond donors (Lipinski definition) is 2. The summed E-state index contributed by atoms with van der Waals surface area (Å²) in [5, 5.41) is 11.7. The Hall–Kier alpha value is -2.49. The van der Waals surface area contributed by atoms with Crippen molar-refractivity contribution >= 4 is 30.3 Å². The van der Waals surface area contributed by atoms with E-state index >= 15 is 0 Å². The molecular formula is C26H35F3N4O2S. The van der Waals surface area contributed by atoms with E-state index in [-0.39, 0.29) is 30.0 Å². The summed E-state index contributed by atoms with van der Waals surface area (Å²) in [6.07, 6.45) is 1.69. The molecule has 1 aromatic carbocycles. The number of aryl methyl sites for hydroxylation is 2. The average molecular weight is 525 g/mol. The second-order valence-corrected chi connectivity index (χ2v) is 10.2. The highest BCUT2D eigenvalue weighted by Gasteiger charge is 2.31. The zero-order valence-corrected chi connectivity index (χ0v) is 21.7. The van der Waals surface area contributed by atoms with Crippen molar-refractivity contribution in [3.8, 4) is 0 Å². The molecule has 1 atom stereocenters. The van der Waals surface area contributed by atoms with Gasteiger partial charge in [-0.25, -0.2) is 5.01 Å². The lowest BCUT2D eigenvalue weighted by atomic mass is 9.89. The molecule has 2 fully saturated rings. The number of hydrogen-bond acceptors (Lipinski definition) is 5. The van der Waals surface area contributed by atoms with Gasteiger partial charge in [-0.3, -0.25) is 9.59 Å². The number of halogens is 3. The Morgan fingerprint density at radius 3 is 2.64 bits per heavy atom. The first-order valence-corrected chi connectivity index (χ1v) is 13.8. The Morgan fingerprint density at radius 2 is 2.06 bits per heavy atom. The number of piperidine rings is 1. The standard InChI is InChI=1S/C26H35F3N4O2S/c1-4-19-15-18(11-13-26(27,28)29)7-8-20(19)22-10-9-21(25(35)31-22)24(32-23(34)16-36-3)33(30-2)14-12-17-5-6-17/h7-8,15,17,22H,2,4-6,9-14,16H2,1,3H3,(H,31,35)(H,32,34)/b24-21+. The van der Waals surface area contributed by atoms with Crippen LogP contribution >= 0.6 is 11.8 Å². The lowest BCUT2D eigenvalue weighted by Gasteiger charge is -2.31. The van der Waals surface area contributed by atoms with Gasteiger partial charge in [-0.2, -0.15) is 30.0 Å². The number of alkyl halides is 3. The van der Waals surface area contributed by atoms with E-state index < -0.39 is 12.6 Å². The van der Waals surface area contributed by atoms with Crippen LogP contribution in [0.1, 0.15) is 68.2 Å². The fraction of sp³-hybridized carbons (Fsp3) is 0.577. The maximum Gasteiger partial charge on any atom is 0.389 e. The molecule has 1 saturated heterocycles. The van der Waals surface area contributed by atoms with Crippen molar-refractivity contribution in [3.05, 3.63) is 46.3 Å². The van der Waals surface area contributed by atoms with Crippen LogP contribution in [0.25, 0.3) is 0 Å². The molecule has 2 aliphatic rings. The molecule has 2 amide bonds. The Balaban J connectivity index is 1.79. The minimum Gasteiger partial charge on any atom is -0.345 e. The predicted molar refractivity (Wildman–Crippen MR) is 137 cm³/mol. The largest absolute Gasteiger partial charge is 0.389 e. The van der Waals surface area contributed by atoms with Crippen LogP contribution in [-0.2, 0) is 22.4 Å². The van der Waals surface area contributed by atoms with Gasteiger partial charge in [0.15, 0.2) is 0 Å². The Morgan fingerprint density at radius 1 is 1.31 bits per heavy atom. The zero-order valence-electron chi connectivity index (χ0n) is 20.9. The monoisotopic (exact) mass is 524 g/mol. The first kappa shape index (κ1) is 28.1. The second kappa shape index (κ2) is 12.7. The van der Waals surface area contributed by atoms with Crippen molar-refractivity contribution in [1.82, 2.24) is 15.6 Å². The van der Waals surface area contributed by atoms with Crippen molar-refractivity contribution in [2.75, 3.05) is 18.6 Å². The molecule has 36 heavy (non-hydrogen) atoms. The van der Waals surface area contributed by atoms with E-state index in [4.69, 9.17) is 0 Å². The molecule has 1 aromatic rings. The number of carbonyl (C=O) groups is 2. The number of thioether (sulfide) groups is 1. The van der Waals surface area contributed by atoms with Gasteiger partial charge in [0.2, 0.25) is 5.91 Å². The maximum absolute atomic E-state index is 13.3.